The number of nitrogens with one attached hydrogen (secondary N) is 1. The Labute approximate surface area is 143 Å². The molecule has 0 saturated carbocycles. The molecule has 0 aliphatic rings. The summed E-state index contributed by atoms with van der Waals surface area (Å²) in [5.74, 6) is -0.362. The number of ether oxygens (including phenoxy) is 1. The summed E-state index contributed by atoms with van der Waals surface area (Å²) in [6.07, 6.45) is 4.07. The monoisotopic (exact) mass is 361 g/mol. The van der Waals surface area contributed by atoms with Gasteiger partial charge < -0.3 is 4.74 Å². The average Bonchev–Trinajstić information content (AvgIpc) is 2.54. The molecule has 1 rings (SSSR count). The van der Waals surface area contributed by atoms with Crippen molar-refractivity contribution in [3.63, 3.8) is 0 Å². The zero-order valence-corrected chi connectivity index (χ0v) is 15.3. The summed E-state index contributed by atoms with van der Waals surface area (Å²) < 4.78 is 32.0. The lowest BCUT2D eigenvalue weighted by molar-refractivity contribution is 0.0600. The number of rotatable bonds is 9. The van der Waals surface area contributed by atoms with Crippen molar-refractivity contribution in [3.05, 3.63) is 28.8 Å². The molecule has 1 aromatic carbocycles. The standard InChI is InChI=1S/C16H24ClNO4S/c1-4-6-7-12(5-2)11-18-23(20,21)13-8-9-15(17)14(10-13)16(19)22-3/h8-10,12,18H,4-7,11H2,1-3H3. The molecule has 1 aromatic rings. The lowest BCUT2D eigenvalue weighted by atomic mass is 10.00. The Kier molecular flexibility index (Phi) is 8.02. The molecule has 0 heterocycles. The van der Waals surface area contributed by atoms with Gasteiger partial charge in [-0.1, -0.05) is 44.7 Å². The van der Waals surface area contributed by atoms with Crippen LogP contribution in [0.3, 0.4) is 0 Å². The van der Waals surface area contributed by atoms with Crippen molar-refractivity contribution in [2.24, 2.45) is 5.92 Å². The SMILES string of the molecule is CCCCC(CC)CNS(=O)(=O)c1ccc(Cl)c(C(=O)OC)c1. The maximum absolute atomic E-state index is 12.4. The average molecular weight is 362 g/mol. The quantitative estimate of drug-likeness (QED) is 0.682. The number of halogens is 1. The minimum Gasteiger partial charge on any atom is -0.465 e. The van der Waals surface area contributed by atoms with Gasteiger partial charge in [-0.2, -0.15) is 0 Å². The van der Waals surface area contributed by atoms with Crippen molar-refractivity contribution >= 4 is 27.6 Å². The van der Waals surface area contributed by atoms with Crippen molar-refractivity contribution in [1.29, 1.82) is 0 Å². The van der Waals surface area contributed by atoms with E-state index in [4.69, 9.17) is 11.6 Å². The minimum absolute atomic E-state index is 0.00708. The lowest BCUT2D eigenvalue weighted by Crippen LogP contribution is -2.29. The van der Waals surface area contributed by atoms with Gasteiger partial charge in [0.1, 0.15) is 0 Å². The van der Waals surface area contributed by atoms with Crippen LogP contribution in [-0.4, -0.2) is 28.0 Å². The normalized spacial score (nSPS) is 12.9. The van der Waals surface area contributed by atoms with E-state index in [-0.39, 0.29) is 15.5 Å². The second kappa shape index (κ2) is 9.25. The third-order valence-corrected chi connectivity index (χ3v) is 5.51. The molecular weight excluding hydrogens is 338 g/mol. The Morgan fingerprint density at radius 1 is 1.35 bits per heavy atom. The van der Waals surface area contributed by atoms with Crippen molar-refractivity contribution in [2.75, 3.05) is 13.7 Å². The van der Waals surface area contributed by atoms with Crippen LogP contribution in [0.15, 0.2) is 23.1 Å². The summed E-state index contributed by atoms with van der Waals surface area (Å²) in [6.45, 7) is 4.54. The van der Waals surface area contributed by atoms with Crippen molar-refractivity contribution in [2.45, 2.75) is 44.4 Å². The third-order valence-electron chi connectivity index (χ3n) is 3.76. The molecule has 0 radical (unpaired) electrons. The van der Waals surface area contributed by atoms with E-state index in [0.717, 1.165) is 25.7 Å². The van der Waals surface area contributed by atoms with Crippen LogP contribution in [0.25, 0.3) is 0 Å². The topological polar surface area (TPSA) is 72.5 Å². The summed E-state index contributed by atoms with van der Waals surface area (Å²) in [5, 5.41) is 0.158. The van der Waals surface area contributed by atoms with E-state index in [1.807, 2.05) is 6.92 Å². The number of esters is 1. The van der Waals surface area contributed by atoms with Gasteiger partial charge in [0.15, 0.2) is 0 Å². The van der Waals surface area contributed by atoms with E-state index >= 15 is 0 Å². The Bertz CT molecular complexity index is 631. The van der Waals surface area contributed by atoms with Crippen molar-refractivity contribution in [3.8, 4) is 0 Å². The molecule has 0 fully saturated rings. The first-order chi connectivity index (χ1) is 10.9. The molecular formula is C16H24ClNO4S. The van der Waals surface area contributed by atoms with E-state index in [2.05, 4.69) is 16.4 Å². The molecule has 0 aromatic heterocycles. The van der Waals surface area contributed by atoms with Gasteiger partial charge in [-0.05, 0) is 30.5 Å². The maximum Gasteiger partial charge on any atom is 0.339 e. The summed E-state index contributed by atoms with van der Waals surface area (Å²) in [7, 11) is -2.47. The Morgan fingerprint density at radius 2 is 2.04 bits per heavy atom. The first-order valence-electron chi connectivity index (χ1n) is 7.73. The molecule has 130 valence electrons. The van der Waals surface area contributed by atoms with Crippen LogP contribution in [0.2, 0.25) is 5.02 Å². The Hall–Kier alpha value is -1.11. The van der Waals surface area contributed by atoms with Gasteiger partial charge in [0.05, 0.1) is 22.6 Å². The Morgan fingerprint density at radius 3 is 2.61 bits per heavy atom. The van der Waals surface area contributed by atoms with Crippen LogP contribution in [0.4, 0.5) is 0 Å². The number of hydrogen-bond donors (Lipinski definition) is 1. The molecule has 0 saturated heterocycles. The maximum atomic E-state index is 12.4. The minimum atomic E-state index is -3.69. The van der Waals surface area contributed by atoms with Gasteiger partial charge in [-0.25, -0.2) is 17.9 Å². The molecule has 0 amide bonds. The zero-order valence-electron chi connectivity index (χ0n) is 13.8. The van der Waals surface area contributed by atoms with Crippen LogP contribution < -0.4 is 4.72 Å². The van der Waals surface area contributed by atoms with Gasteiger partial charge in [-0.15, -0.1) is 0 Å². The molecule has 1 unspecified atom stereocenters. The van der Waals surface area contributed by atoms with Crippen LogP contribution in [0, 0.1) is 5.92 Å². The van der Waals surface area contributed by atoms with E-state index < -0.39 is 16.0 Å². The first kappa shape index (κ1) is 19.9. The number of carbonyl (C=O) groups excluding carboxylic acids is 1. The summed E-state index contributed by atoms with van der Waals surface area (Å²) in [6, 6.07) is 4.00. The fourth-order valence-electron chi connectivity index (χ4n) is 2.19. The fraction of sp³-hybridized carbons (Fsp3) is 0.562. The smallest absolute Gasteiger partial charge is 0.339 e. The molecule has 1 atom stereocenters. The molecule has 0 aliphatic carbocycles. The highest BCUT2D eigenvalue weighted by Gasteiger charge is 2.20. The highest BCUT2D eigenvalue weighted by Crippen LogP contribution is 2.21. The number of benzene rings is 1. The second-order valence-corrected chi connectivity index (χ2v) is 7.58. The molecule has 0 aliphatic heterocycles. The zero-order chi connectivity index (χ0) is 17.5. The summed E-state index contributed by atoms with van der Waals surface area (Å²) in [5.41, 5.74) is 0.0371. The van der Waals surface area contributed by atoms with Gasteiger partial charge in [0, 0.05) is 6.54 Å². The predicted molar refractivity (Wildman–Crippen MR) is 91.3 cm³/mol. The van der Waals surface area contributed by atoms with Gasteiger partial charge in [-0.3, -0.25) is 0 Å². The van der Waals surface area contributed by atoms with Crippen molar-refractivity contribution < 1.29 is 17.9 Å². The molecule has 0 bridgehead atoms. The number of sulfonamides is 1. The summed E-state index contributed by atoms with van der Waals surface area (Å²) in [4.78, 5) is 11.6. The van der Waals surface area contributed by atoms with Crippen LogP contribution in [0.1, 0.15) is 49.9 Å². The van der Waals surface area contributed by atoms with Crippen LogP contribution >= 0.6 is 11.6 Å². The molecule has 7 heteroatoms. The second-order valence-electron chi connectivity index (χ2n) is 5.40. The largest absolute Gasteiger partial charge is 0.465 e. The first-order valence-corrected chi connectivity index (χ1v) is 9.59. The van der Waals surface area contributed by atoms with E-state index in [1.54, 1.807) is 0 Å². The molecule has 1 N–H and O–H groups in total. The highest BCUT2D eigenvalue weighted by atomic mass is 35.5. The summed E-state index contributed by atoms with van der Waals surface area (Å²) >= 11 is 5.91. The molecule has 5 nitrogen and oxygen atoms in total. The van der Waals surface area contributed by atoms with Crippen LogP contribution in [-0.2, 0) is 14.8 Å². The number of carbonyl (C=O) groups is 1. The number of methoxy groups -OCH3 is 1. The highest BCUT2D eigenvalue weighted by molar-refractivity contribution is 7.89. The molecule has 0 spiro atoms. The number of unbranched alkanes of at least 4 members (excludes halogenated alkanes) is 1. The predicted octanol–water partition coefficient (Wildman–Crippen LogP) is 3.62. The van der Waals surface area contributed by atoms with Gasteiger partial charge in [0.25, 0.3) is 0 Å². The van der Waals surface area contributed by atoms with E-state index in [0.29, 0.717) is 12.5 Å². The third kappa shape index (κ3) is 5.79. The van der Waals surface area contributed by atoms with Crippen molar-refractivity contribution in [1.82, 2.24) is 4.72 Å². The fourth-order valence-corrected chi connectivity index (χ4v) is 3.53. The van der Waals surface area contributed by atoms with Gasteiger partial charge >= 0.3 is 5.97 Å². The lowest BCUT2D eigenvalue weighted by Gasteiger charge is -2.16. The van der Waals surface area contributed by atoms with Gasteiger partial charge in [0.2, 0.25) is 10.0 Å². The van der Waals surface area contributed by atoms with E-state index in [9.17, 15) is 13.2 Å². The Balaban J connectivity index is 2.89. The molecule has 23 heavy (non-hydrogen) atoms. The van der Waals surface area contributed by atoms with Crippen LogP contribution in [0.5, 0.6) is 0 Å². The van der Waals surface area contributed by atoms with E-state index in [1.165, 1.54) is 25.3 Å². The number of hydrogen-bond acceptors (Lipinski definition) is 4.